The summed E-state index contributed by atoms with van der Waals surface area (Å²) < 4.78 is 57.4. The molecule has 0 aliphatic heterocycles. The van der Waals surface area contributed by atoms with Crippen molar-refractivity contribution in [3.05, 3.63) is 0 Å². The molecule has 0 aromatic heterocycles. The molecular weight excluding hydrogens is 524 g/mol. The molecule has 0 aromatic rings. The minimum absolute atomic E-state index is 0.419. The van der Waals surface area contributed by atoms with Crippen LogP contribution in [-0.4, -0.2) is 114 Å². The molecule has 0 saturated carbocycles. The van der Waals surface area contributed by atoms with Gasteiger partial charge in [-0.1, -0.05) is 0 Å². The molecule has 36 heavy (non-hydrogen) atoms. The number of ether oxygens (including phenoxy) is 1. The SMILES string of the molecule is CO[Si](CCCC(CCC[Si](OC)(OC)OC)(CC[Si](OC)(OC)OC)OCCC(C)O)(OC)OC. The molecule has 0 heterocycles. The van der Waals surface area contributed by atoms with Gasteiger partial charge in [0.1, 0.15) is 0 Å². The highest BCUT2D eigenvalue weighted by atomic mass is 28.4. The number of rotatable bonds is 24. The van der Waals surface area contributed by atoms with Crippen molar-refractivity contribution < 1.29 is 49.7 Å². The minimum Gasteiger partial charge on any atom is -0.393 e. The van der Waals surface area contributed by atoms with Gasteiger partial charge >= 0.3 is 26.4 Å². The molecule has 0 amide bonds. The Labute approximate surface area is 222 Å². The highest BCUT2D eigenvalue weighted by Crippen LogP contribution is 2.36. The molecule has 11 nitrogen and oxygen atoms in total. The molecule has 14 heteroatoms. The lowest BCUT2D eigenvalue weighted by atomic mass is 9.89. The number of hydrogen-bond donors (Lipinski definition) is 1. The van der Waals surface area contributed by atoms with Gasteiger partial charge in [-0.25, -0.2) is 0 Å². The fraction of sp³-hybridized carbons (Fsp3) is 1.00. The molecule has 0 spiro atoms. The second-order valence-electron chi connectivity index (χ2n) is 8.76. The van der Waals surface area contributed by atoms with Crippen LogP contribution in [0.25, 0.3) is 0 Å². The van der Waals surface area contributed by atoms with Crippen LogP contribution < -0.4 is 0 Å². The van der Waals surface area contributed by atoms with Crippen LogP contribution in [-0.2, 0) is 44.6 Å². The van der Waals surface area contributed by atoms with Gasteiger partial charge in [0.05, 0.1) is 11.7 Å². The Bertz CT molecular complexity index is 495. The van der Waals surface area contributed by atoms with Crippen LogP contribution in [0.4, 0.5) is 0 Å². The third-order valence-corrected chi connectivity index (χ3v) is 15.3. The molecular formula is C22H52O11Si3. The smallest absolute Gasteiger partial charge is 0.393 e. The lowest BCUT2D eigenvalue weighted by molar-refractivity contribution is -0.0727. The molecule has 0 saturated heterocycles. The van der Waals surface area contributed by atoms with Crippen molar-refractivity contribution in [2.75, 3.05) is 70.6 Å². The Kier molecular flexibility index (Phi) is 18.6. The highest BCUT2D eigenvalue weighted by Gasteiger charge is 2.45. The van der Waals surface area contributed by atoms with E-state index in [1.807, 2.05) is 0 Å². The van der Waals surface area contributed by atoms with E-state index in [0.717, 1.165) is 25.7 Å². The summed E-state index contributed by atoms with van der Waals surface area (Å²) in [6.07, 6.45) is 3.69. The van der Waals surface area contributed by atoms with Crippen molar-refractivity contribution in [1.29, 1.82) is 0 Å². The lowest BCUT2D eigenvalue weighted by Gasteiger charge is -2.38. The summed E-state index contributed by atoms with van der Waals surface area (Å²) in [6.45, 7) is 2.18. The predicted molar refractivity (Wildman–Crippen MR) is 143 cm³/mol. The summed E-state index contributed by atoms with van der Waals surface area (Å²) in [4.78, 5) is 0. The van der Waals surface area contributed by atoms with Gasteiger partial charge in [0, 0.05) is 88.7 Å². The molecule has 0 aromatic carbocycles. The quantitative estimate of drug-likeness (QED) is 0.171. The molecule has 0 fully saturated rings. The van der Waals surface area contributed by atoms with E-state index in [2.05, 4.69) is 0 Å². The van der Waals surface area contributed by atoms with Crippen molar-refractivity contribution in [1.82, 2.24) is 0 Å². The van der Waals surface area contributed by atoms with Crippen molar-refractivity contribution in [3.8, 4) is 0 Å². The first kappa shape index (κ1) is 36.2. The van der Waals surface area contributed by atoms with E-state index >= 15 is 0 Å². The fourth-order valence-electron chi connectivity index (χ4n) is 4.34. The van der Waals surface area contributed by atoms with Crippen LogP contribution in [0, 0.1) is 0 Å². The largest absolute Gasteiger partial charge is 0.500 e. The van der Waals surface area contributed by atoms with Crippen LogP contribution in [0.3, 0.4) is 0 Å². The first-order valence-electron chi connectivity index (χ1n) is 12.4. The number of hydrogen-bond acceptors (Lipinski definition) is 11. The summed E-state index contributed by atoms with van der Waals surface area (Å²) in [5.74, 6) is 0. The van der Waals surface area contributed by atoms with Gasteiger partial charge in [0.2, 0.25) is 0 Å². The number of aliphatic hydroxyl groups excluding tert-OH is 1. The summed E-state index contributed by atoms with van der Waals surface area (Å²) in [5, 5.41) is 9.86. The monoisotopic (exact) mass is 576 g/mol. The summed E-state index contributed by atoms with van der Waals surface area (Å²) in [6, 6.07) is 1.87. The van der Waals surface area contributed by atoms with Gasteiger partial charge in [0.25, 0.3) is 0 Å². The van der Waals surface area contributed by atoms with Crippen LogP contribution in [0.2, 0.25) is 18.1 Å². The molecule has 0 aliphatic carbocycles. The Balaban J connectivity index is 5.91. The van der Waals surface area contributed by atoms with Gasteiger partial charge in [-0.2, -0.15) is 0 Å². The average molecular weight is 577 g/mol. The van der Waals surface area contributed by atoms with Gasteiger partial charge < -0.3 is 49.7 Å². The first-order valence-corrected chi connectivity index (χ1v) is 18.2. The maximum absolute atomic E-state index is 9.86. The van der Waals surface area contributed by atoms with Gasteiger partial charge in [-0.15, -0.1) is 0 Å². The molecule has 1 N–H and O–H groups in total. The average Bonchev–Trinajstić information content (AvgIpc) is 2.90. The molecule has 0 bridgehead atoms. The zero-order chi connectivity index (χ0) is 27.7. The van der Waals surface area contributed by atoms with Crippen molar-refractivity contribution in [3.63, 3.8) is 0 Å². The zero-order valence-corrected chi connectivity index (χ0v) is 27.2. The van der Waals surface area contributed by atoms with Gasteiger partial charge in [-0.05, 0) is 45.4 Å². The van der Waals surface area contributed by atoms with Crippen LogP contribution in [0.5, 0.6) is 0 Å². The standard InChI is InChI=1S/C22H52O11Si3/c1-21(23)13-17-33-22(16-20-36(30-8,31-9)32-10,14-11-18-34(24-2,25-3)26-4)15-12-19-35(27-5,28-6)29-7/h21,23H,11-20H2,1-10H3. The third-order valence-electron chi connectivity index (χ3n) is 6.86. The van der Waals surface area contributed by atoms with E-state index in [-0.39, 0.29) is 0 Å². The molecule has 0 rings (SSSR count). The first-order chi connectivity index (χ1) is 17.1. The Morgan fingerprint density at radius 1 is 0.556 bits per heavy atom. The second kappa shape index (κ2) is 18.5. The minimum atomic E-state index is -2.84. The Hall–Kier alpha value is 0.211. The summed E-state index contributed by atoms with van der Waals surface area (Å²) >= 11 is 0. The maximum Gasteiger partial charge on any atom is 0.500 e. The Morgan fingerprint density at radius 3 is 1.19 bits per heavy atom. The molecule has 1 atom stereocenters. The molecule has 0 radical (unpaired) electrons. The van der Waals surface area contributed by atoms with Crippen LogP contribution in [0.15, 0.2) is 0 Å². The Morgan fingerprint density at radius 2 is 0.889 bits per heavy atom. The van der Waals surface area contributed by atoms with Gasteiger partial charge in [0.15, 0.2) is 0 Å². The normalized spacial score (nSPS) is 14.4. The summed E-state index contributed by atoms with van der Waals surface area (Å²) in [5.41, 5.74) is -0.534. The van der Waals surface area contributed by atoms with Crippen LogP contribution in [0.1, 0.15) is 45.4 Å². The highest BCUT2D eigenvalue weighted by molar-refractivity contribution is 6.61. The zero-order valence-electron chi connectivity index (χ0n) is 24.2. The number of aliphatic hydroxyl groups is 1. The predicted octanol–water partition coefficient (Wildman–Crippen LogP) is 3.10. The van der Waals surface area contributed by atoms with E-state index in [9.17, 15) is 5.11 Å². The van der Waals surface area contributed by atoms with Crippen LogP contribution >= 0.6 is 0 Å². The van der Waals surface area contributed by atoms with Crippen molar-refractivity contribution in [2.24, 2.45) is 0 Å². The van der Waals surface area contributed by atoms with Crippen molar-refractivity contribution >= 4 is 26.4 Å². The molecule has 218 valence electrons. The molecule has 1 unspecified atom stereocenters. The fourth-order valence-corrected chi connectivity index (χ4v) is 9.66. The second-order valence-corrected chi connectivity index (χ2v) is 18.0. The lowest BCUT2D eigenvalue weighted by Crippen LogP contribution is -2.47. The van der Waals surface area contributed by atoms with E-state index in [4.69, 9.17) is 44.6 Å². The van der Waals surface area contributed by atoms with Gasteiger partial charge in [-0.3, -0.25) is 0 Å². The third kappa shape index (κ3) is 11.5. The molecule has 0 aliphatic rings. The van der Waals surface area contributed by atoms with E-state index in [0.29, 0.717) is 37.6 Å². The van der Waals surface area contributed by atoms with E-state index in [1.54, 1.807) is 70.9 Å². The topological polar surface area (TPSA) is 113 Å². The van der Waals surface area contributed by atoms with Crippen molar-refractivity contribution in [2.45, 2.75) is 75.3 Å². The maximum atomic E-state index is 9.86. The van der Waals surface area contributed by atoms with E-state index in [1.165, 1.54) is 0 Å². The van der Waals surface area contributed by atoms with E-state index < -0.39 is 38.1 Å². The summed E-state index contributed by atoms with van der Waals surface area (Å²) in [7, 11) is 6.22.